The van der Waals surface area contributed by atoms with Crippen molar-refractivity contribution >= 4 is 22.8 Å². The number of fused-ring (bicyclic) bond motifs is 1. The smallest absolute Gasteiger partial charge is 0.311 e. The summed E-state index contributed by atoms with van der Waals surface area (Å²) in [6, 6.07) is 5.49. The van der Waals surface area contributed by atoms with Gasteiger partial charge in [-0.3, -0.25) is 9.59 Å². The highest BCUT2D eigenvalue weighted by Crippen LogP contribution is 2.24. The molecular weight excluding hydrogens is 332 g/mol. The van der Waals surface area contributed by atoms with E-state index >= 15 is 0 Å². The topological polar surface area (TPSA) is 82.6 Å². The van der Waals surface area contributed by atoms with Crippen LogP contribution >= 0.6 is 0 Å². The summed E-state index contributed by atoms with van der Waals surface area (Å²) >= 11 is 0. The van der Waals surface area contributed by atoms with Crippen LogP contribution in [0.1, 0.15) is 45.1 Å². The highest BCUT2D eigenvalue weighted by molar-refractivity contribution is 5.85. The van der Waals surface area contributed by atoms with E-state index in [1.165, 1.54) is 5.56 Å². The maximum atomic E-state index is 11.7. The SMILES string of the molecule is CCCN(CCC)CCc1c[nH]c2cc(OC(=O)CCC(=O)O)ccc12. The van der Waals surface area contributed by atoms with Gasteiger partial charge >= 0.3 is 11.9 Å². The van der Waals surface area contributed by atoms with Gasteiger partial charge in [-0.2, -0.15) is 0 Å². The first-order valence-electron chi connectivity index (χ1n) is 9.28. The summed E-state index contributed by atoms with van der Waals surface area (Å²) in [5.74, 6) is -1.11. The molecule has 0 aliphatic heterocycles. The third kappa shape index (κ3) is 5.88. The van der Waals surface area contributed by atoms with E-state index in [4.69, 9.17) is 9.84 Å². The highest BCUT2D eigenvalue weighted by Gasteiger charge is 2.11. The van der Waals surface area contributed by atoms with E-state index in [-0.39, 0.29) is 12.8 Å². The number of carbonyl (C=O) groups is 2. The van der Waals surface area contributed by atoms with Gasteiger partial charge in [-0.25, -0.2) is 0 Å². The molecule has 0 aliphatic carbocycles. The maximum Gasteiger partial charge on any atom is 0.311 e. The number of esters is 1. The van der Waals surface area contributed by atoms with Crippen LogP contribution in [0.4, 0.5) is 0 Å². The molecule has 1 aromatic heterocycles. The molecule has 2 N–H and O–H groups in total. The summed E-state index contributed by atoms with van der Waals surface area (Å²) in [6.45, 7) is 7.67. The molecule has 0 bridgehead atoms. The number of ether oxygens (including phenoxy) is 1. The fourth-order valence-electron chi connectivity index (χ4n) is 3.07. The number of carboxylic acid groups (broad SMARTS) is 1. The first kappa shape index (κ1) is 20.0. The second kappa shape index (κ2) is 9.97. The van der Waals surface area contributed by atoms with Crippen molar-refractivity contribution < 1.29 is 19.4 Å². The Morgan fingerprint density at radius 3 is 2.50 bits per heavy atom. The van der Waals surface area contributed by atoms with Gasteiger partial charge in [0, 0.05) is 29.7 Å². The Morgan fingerprint density at radius 1 is 1.12 bits per heavy atom. The fourth-order valence-corrected chi connectivity index (χ4v) is 3.07. The number of hydrogen-bond acceptors (Lipinski definition) is 4. The normalized spacial score (nSPS) is 11.2. The van der Waals surface area contributed by atoms with Crippen molar-refractivity contribution in [1.82, 2.24) is 9.88 Å². The van der Waals surface area contributed by atoms with Crippen LogP contribution in [0, 0.1) is 0 Å². The van der Waals surface area contributed by atoms with Crippen LogP contribution in [0.25, 0.3) is 10.9 Å². The third-order valence-corrected chi connectivity index (χ3v) is 4.29. The van der Waals surface area contributed by atoms with Gasteiger partial charge in [0.1, 0.15) is 5.75 Å². The van der Waals surface area contributed by atoms with E-state index in [9.17, 15) is 9.59 Å². The number of H-pyrrole nitrogens is 1. The van der Waals surface area contributed by atoms with Crippen LogP contribution in [0.3, 0.4) is 0 Å². The predicted molar refractivity (Wildman–Crippen MR) is 102 cm³/mol. The van der Waals surface area contributed by atoms with E-state index in [0.717, 1.165) is 49.8 Å². The number of aromatic amines is 1. The molecule has 142 valence electrons. The van der Waals surface area contributed by atoms with E-state index in [1.54, 1.807) is 12.1 Å². The van der Waals surface area contributed by atoms with Crippen LogP contribution in [-0.2, 0) is 16.0 Å². The Balaban J connectivity index is 1.99. The third-order valence-electron chi connectivity index (χ3n) is 4.29. The van der Waals surface area contributed by atoms with Crippen molar-refractivity contribution in [2.24, 2.45) is 0 Å². The lowest BCUT2D eigenvalue weighted by molar-refractivity contribution is -0.142. The number of carbonyl (C=O) groups excluding carboxylic acids is 1. The number of rotatable bonds is 11. The van der Waals surface area contributed by atoms with Gasteiger partial charge in [0.25, 0.3) is 0 Å². The Kier molecular flexibility index (Phi) is 7.66. The zero-order valence-corrected chi connectivity index (χ0v) is 15.6. The summed E-state index contributed by atoms with van der Waals surface area (Å²) in [5, 5.41) is 9.74. The van der Waals surface area contributed by atoms with Gasteiger partial charge in [0.2, 0.25) is 0 Å². The molecule has 2 aromatic rings. The highest BCUT2D eigenvalue weighted by atomic mass is 16.5. The summed E-state index contributed by atoms with van der Waals surface area (Å²) in [4.78, 5) is 27.9. The molecule has 1 heterocycles. The minimum atomic E-state index is -1.01. The second-order valence-electron chi connectivity index (χ2n) is 6.48. The molecule has 0 saturated carbocycles. The molecule has 1 aromatic carbocycles. The summed E-state index contributed by atoms with van der Waals surface area (Å²) in [6.07, 6.45) is 4.94. The molecule has 0 aliphatic rings. The second-order valence-corrected chi connectivity index (χ2v) is 6.48. The van der Waals surface area contributed by atoms with Gasteiger partial charge in [0.05, 0.1) is 12.8 Å². The van der Waals surface area contributed by atoms with Gasteiger partial charge in [-0.15, -0.1) is 0 Å². The molecule has 0 radical (unpaired) electrons. The Labute approximate surface area is 154 Å². The van der Waals surface area contributed by atoms with E-state index < -0.39 is 11.9 Å². The maximum absolute atomic E-state index is 11.7. The van der Waals surface area contributed by atoms with E-state index in [1.807, 2.05) is 12.3 Å². The zero-order valence-electron chi connectivity index (χ0n) is 15.6. The van der Waals surface area contributed by atoms with Crippen molar-refractivity contribution in [3.63, 3.8) is 0 Å². The lowest BCUT2D eigenvalue weighted by atomic mass is 10.1. The molecule has 26 heavy (non-hydrogen) atoms. The molecule has 2 rings (SSSR count). The standard InChI is InChI=1S/C20H28N2O4/c1-3-10-22(11-4-2)12-9-15-14-21-18-13-16(5-6-17(15)18)26-20(25)8-7-19(23)24/h5-6,13-14,21H,3-4,7-12H2,1-2H3,(H,23,24). The van der Waals surface area contributed by atoms with Crippen molar-refractivity contribution in [2.75, 3.05) is 19.6 Å². The number of nitrogens with one attached hydrogen (secondary N) is 1. The lowest BCUT2D eigenvalue weighted by Crippen LogP contribution is -2.27. The van der Waals surface area contributed by atoms with Crippen LogP contribution < -0.4 is 4.74 Å². The average molecular weight is 360 g/mol. The monoisotopic (exact) mass is 360 g/mol. The molecule has 0 amide bonds. The van der Waals surface area contributed by atoms with Crippen molar-refractivity contribution in [1.29, 1.82) is 0 Å². The number of hydrogen-bond donors (Lipinski definition) is 2. The molecule has 0 spiro atoms. The van der Waals surface area contributed by atoms with Crippen molar-refractivity contribution in [3.8, 4) is 5.75 Å². The quantitative estimate of drug-likeness (QED) is 0.472. The van der Waals surface area contributed by atoms with Gasteiger partial charge < -0.3 is 19.7 Å². The summed E-state index contributed by atoms with van der Waals surface area (Å²) < 4.78 is 5.21. The van der Waals surface area contributed by atoms with Crippen LogP contribution in [0.2, 0.25) is 0 Å². The Morgan fingerprint density at radius 2 is 1.85 bits per heavy atom. The Bertz CT molecular complexity index is 732. The Hall–Kier alpha value is -2.34. The van der Waals surface area contributed by atoms with Crippen LogP contribution in [-0.4, -0.2) is 46.6 Å². The van der Waals surface area contributed by atoms with Gasteiger partial charge in [-0.1, -0.05) is 13.8 Å². The van der Waals surface area contributed by atoms with Crippen LogP contribution in [0.5, 0.6) is 5.75 Å². The number of aromatic nitrogens is 1. The van der Waals surface area contributed by atoms with E-state index in [0.29, 0.717) is 5.75 Å². The number of aliphatic carboxylic acids is 1. The molecule has 6 heteroatoms. The van der Waals surface area contributed by atoms with Crippen molar-refractivity contribution in [3.05, 3.63) is 30.0 Å². The number of benzene rings is 1. The minimum Gasteiger partial charge on any atom is -0.481 e. The zero-order chi connectivity index (χ0) is 18.9. The van der Waals surface area contributed by atoms with E-state index in [2.05, 4.69) is 23.7 Å². The van der Waals surface area contributed by atoms with Gasteiger partial charge in [-0.05, 0) is 50.0 Å². The first-order valence-corrected chi connectivity index (χ1v) is 9.28. The lowest BCUT2D eigenvalue weighted by Gasteiger charge is -2.20. The largest absolute Gasteiger partial charge is 0.481 e. The number of carboxylic acids is 1. The summed E-state index contributed by atoms with van der Waals surface area (Å²) in [7, 11) is 0. The van der Waals surface area contributed by atoms with Gasteiger partial charge in [0.15, 0.2) is 0 Å². The minimum absolute atomic E-state index is 0.131. The fraction of sp³-hybridized carbons (Fsp3) is 0.500. The average Bonchev–Trinajstić information content (AvgIpc) is 3.00. The number of nitrogens with zero attached hydrogens (tertiary/aromatic N) is 1. The molecule has 0 atom stereocenters. The predicted octanol–water partition coefficient (Wildman–Crippen LogP) is 3.60. The van der Waals surface area contributed by atoms with Crippen LogP contribution in [0.15, 0.2) is 24.4 Å². The molecule has 0 saturated heterocycles. The first-order chi connectivity index (χ1) is 12.5. The molecule has 0 unspecified atom stereocenters. The molecular formula is C20H28N2O4. The molecule has 6 nitrogen and oxygen atoms in total. The van der Waals surface area contributed by atoms with Crippen molar-refractivity contribution in [2.45, 2.75) is 46.0 Å². The molecule has 0 fully saturated rings. The summed E-state index contributed by atoms with van der Waals surface area (Å²) in [5.41, 5.74) is 2.17.